The summed E-state index contributed by atoms with van der Waals surface area (Å²) in [5, 5.41) is 17.8. The van der Waals surface area contributed by atoms with Crippen molar-refractivity contribution < 1.29 is 19.4 Å². The number of H-pyrrole nitrogens is 1. The summed E-state index contributed by atoms with van der Waals surface area (Å²) in [5.41, 5.74) is 3.41. The number of aromatic hydroxyl groups is 1. The van der Waals surface area contributed by atoms with Gasteiger partial charge in [-0.05, 0) is 42.7 Å². The van der Waals surface area contributed by atoms with Gasteiger partial charge in [0.15, 0.2) is 0 Å². The molecule has 7 nitrogen and oxygen atoms in total. The average molecular weight is 436 g/mol. The number of benzene rings is 2. The van der Waals surface area contributed by atoms with E-state index in [1.54, 1.807) is 19.2 Å². The normalized spacial score (nSPS) is 15.2. The van der Waals surface area contributed by atoms with Crippen LogP contribution in [0.4, 0.5) is 0 Å². The van der Waals surface area contributed by atoms with Crippen LogP contribution in [0.2, 0.25) is 0 Å². The number of carbonyl (C=O) groups excluding carboxylic acids is 1. The molecule has 0 bridgehead atoms. The third-order valence-electron chi connectivity index (χ3n) is 5.73. The fourth-order valence-corrected chi connectivity index (χ4v) is 4.11. The Balaban J connectivity index is 1.72. The van der Waals surface area contributed by atoms with Crippen LogP contribution < -0.4 is 4.74 Å². The molecule has 3 aromatic rings. The maximum absolute atomic E-state index is 13.3. The summed E-state index contributed by atoms with van der Waals surface area (Å²) in [7, 11) is 1.66. The highest BCUT2D eigenvalue weighted by atomic mass is 16.5. The maximum Gasteiger partial charge on any atom is 0.273 e. The van der Waals surface area contributed by atoms with E-state index in [9.17, 15) is 9.90 Å². The first-order chi connectivity index (χ1) is 15.7. The molecule has 0 radical (unpaired) electrons. The molecule has 1 amide bonds. The number of unbranched alkanes of at least 4 members (excludes halogenated alkanes) is 1. The van der Waals surface area contributed by atoms with Crippen LogP contribution in [0.15, 0.2) is 48.5 Å². The predicted molar refractivity (Wildman–Crippen MR) is 122 cm³/mol. The summed E-state index contributed by atoms with van der Waals surface area (Å²) in [6.07, 6.45) is 2.81. The van der Waals surface area contributed by atoms with Crippen LogP contribution >= 0.6 is 0 Å². The van der Waals surface area contributed by atoms with Crippen molar-refractivity contribution in [2.45, 2.75) is 32.2 Å². The van der Waals surface area contributed by atoms with Gasteiger partial charge in [-0.1, -0.05) is 37.6 Å². The molecular weight excluding hydrogens is 406 g/mol. The van der Waals surface area contributed by atoms with Gasteiger partial charge in [-0.3, -0.25) is 9.89 Å². The second-order valence-electron chi connectivity index (χ2n) is 7.90. The van der Waals surface area contributed by atoms with E-state index in [1.807, 2.05) is 41.3 Å². The zero-order chi connectivity index (χ0) is 22.5. The molecule has 1 aliphatic rings. The number of phenols is 1. The first-order valence-electron chi connectivity index (χ1n) is 11.0. The van der Waals surface area contributed by atoms with Gasteiger partial charge in [0.1, 0.15) is 22.9 Å². The third-order valence-corrected chi connectivity index (χ3v) is 5.73. The maximum atomic E-state index is 13.3. The number of aromatic nitrogens is 2. The Kier molecular flexibility index (Phi) is 6.75. The second-order valence-corrected chi connectivity index (χ2v) is 7.90. The number of hydrogen-bond acceptors (Lipinski definition) is 5. The minimum absolute atomic E-state index is 0.0986. The molecule has 2 heterocycles. The molecular formula is C25H29N3O4. The largest absolute Gasteiger partial charge is 0.507 e. The van der Waals surface area contributed by atoms with Crippen molar-refractivity contribution >= 4 is 5.91 Å². The van der Waals surface area contributed by atoms with Crippen LogP contribution in [-0.2, 0) is 4.74 Å². The van der Waals surface area contributed by atoms with Gasteiger partial charge < -0.3 is 19.5 Å². The van der Waals surface area contributed by atoms with Gasteiger partial charge in [-0.2, -0.15) is 5.10 Å². The molecule has 1 atom stereocenters. The second kappa shape index (κ2) is 9.87. The smallest absolute Gasteiger partial charge is 0.273 e. The van der Waals surface area contributed by atoms with E-state index in [0.29, 0.717) is 36.7 Å². The van der Waals surface area contributed by atoms with Crippen LogP contribution in [0.25, 0.3) is 11.3 Å². The summed E-state index contributed by atoms with van der Waals surface area (Å²) in [6.45, 7) is 3.94. The Labute approximate surface area is 188 Å². The van der Waals surface area contributed by atoms with Crippen LogP contribution in [0.1, 0.15) is 53.8 Å². The summed E-state index contributed by atoms with van der Waals surface area (Å²) in [4.78, 5) is 15.1. The molecule has 168 valence electrons. The van der Waals surface area contributed by atoms with E-state index in [1.165, 1.54) is 0 Å². The van der Waals surface area contributed by atoms with Gasteiger partial charge in [0, 0.05) is 31.4 Å². The lowest BCUT2D eigenvalue weighted by atomic mass is 9.95. The number of phenolic OH excluding ortho intramolecular Hbond substituents is 1. The number of para-hydroxylation sites is 1. The predicted octanol–water partition coefficient (Wildman–Crippen LogP) is 4.54. The highest BCUT2D eigenvalue weighted by molar-refractivity contribution is 6.00. The van der Waals surface area contributed by atoms with Crippen molar-refractivity contribution in [1.82, 2.24) is 15.1 Å². The number of nitrogens with zero attached hydrogens (tertiary/aromatic N) is 2. The summed E-state index contributed by atoms with van der Waals surface area (Å²) < 4.78 is 11.0. The van der Waals surface area contributed by atoms with Gasteiger partial charge in [-0.15, -0.1) is 0 Å². The molecule has 7 heteroatoms. The standard InChI is InChI=1S/C25H29N3O4/c1-3-4-16-32-18-12-10-17(11-13-18)24-21-22(19-8-5-6-9-20(19)29)26-27-23(21)25(30)28(24)14-7-15-31-2/h5-6,8-13,24,29H,3-4,7,14-16H2,1-2H3,(H,26,27)/t24-/m1/s1. The van der Waals surface area contributed by atoms with Crippen molar-refractivity contribution in [3.05, 3.63) is 65.4 Å². The van der Waals surface area contributed by atoms with Crippen LogP contribution in [0.3, 0.4) is 0 Å². The van der Waals surface area contributed by atoms with Gasteiger partial charge in [-0.25, -0.2) is 0 Å². The minimum atomic E-state index is -0.313. The van der Waals surface area contributed by atoms with Crippen molar-refractivity contribution in [2.24, 2.45) is 0 Å². The topological polar surface area (TPSA) is 87.7 Å². The zero-order valence-electron chi connectivity index (χ0n) is 18.5. The molecule has 4 rings (SSSR count). The summed E-state index contributed by atoms with van der Waals surface area (Å²) in [5.74, 6) is 0.842. The number of rotatable bonds is 10. The van der Waals surface area contributed by atoms with Crippen molar-refractivity contribution in [1.29, 1.82) is 0 Å². The van der Waals surface area contributed by atoms with E-state index < -0.39 is 0 Å². The Morgan fingerprint density at radius 1 is 1.09 bits per heavy atom. The van der Waals surface area contributed by atoms with Crippen LogP contribution in [0, 0.1) is 0 Å². The van der Waals surface area contributed by atoms with Gasteiger partial charge in [0.05, 0.1) is 12.6 Å². The van der Waals surface area contributed by atoms with E-state index in [2.05, 4.69) is 17.1 Å². The van der Waals surface area contributed by atoms with Gasteiger partial charge >= 0.3 is 0 Å². The molecule has 32 heavy (non-hydrogen) atoms. The lowest BCUT2D eigenvalue weighted by Crippen LogP contribution is -2.31. The lowest BCUT2D eigenvalue weighted by molar-refractivity contribution is 0.0723. The molecule has 1 aliphatic heterocycles. The van der Waals surface area contributed by atoms with Crippen molar-refractivity contribution in [3.8, 4) is 22.8 Å². The number of aromatic amines is 1. The molecule has 0 spiro atoms. The number of amides is 1. The Bertz CT molecular complexity index is 1060. The number of nitrogens with one attached hydrogen (secondary N) is 1. The third kappa shape index (κ3) is 4.21. The molecule has 0 fully saturated rings. The van der Waals surface area contributed by atoms with Gasteiger partial charge in [0.2, 0.25) is 0 Å². The fourth-order valence-electron chi connectivity index (χ4n) is 4.11. The van der Waals surface area contributed by atoms with Crippen LogP contribution in [-0.4, -0.2) is 53.0 Å². The lowest BCUT2D eigenvalue weighted by Gasteiger charge is -2.26. The highest BCUT2D eigenvalue weighted by Crippen LogP contribution is 2.44. The summed E-state index contributed by atoms with van der Waals surface area (Å²) in [6, 6.07) is 14.6. The molecule has 0 saturated carbocycles. The Hall–Kier alpha value is -3.32. The average Bonchev–Trinajstić information content (AvgIpc) is 3.34. The number of methoxy groups -OCH3 is 1. The Morgan fingerprint density at radius 3 is 2.59 bits per heavy atom. The van der Waals surface area contributed by atoms with E-state index in [-0.39, 0.29) is 17.7 Å². The molecule has 0 unspecified atom stereocenters. The first kappa shape index (κ1) is 21.9. The first-order valence-corrected chi connectivity index (χ1v) is 11.0. The summed E-state index contributed by atoms with van der Waals surface area (Å²) >= 11 is 0. The molecule has 1 aromatic heterocycles. The fraction of sp³-hybridized carbons (Fsp3) is 0.360. The van der Waals surface area contributed by atoms with Gasteiger partial charge in [0.25, 0.3) is 5.91 Å². The van der Waals surface area contributed by atoms with E-state index >= 15 is 0 Å². The SMILES string of the molecule is CCCCOc1ccc([C@@H]2c3c(-c4ccccc4O)n[nH]c3C(=O)N2CCCOC)cc1. The number of fused-ring (bicyclic) bond motifs is 1. The number of hydrogen-bond donors (Lipinski definition) is 2. The van der Waals surface area contributed by atoms with Crippen LogP contribution in [0.5, 0.6) is 11.5 Å². The molecule has 0 saturated heterocycles. The monoisotopic (exact) mass is 435 g/mol. The van der Waals surface area contributed by atoms with E-state index in [0.717, 1.165) is 36.1 Å². The van der Waals surface area contributed by atoms with E-state index in [4.69, 9.17) is 9.47 Å². The molecule has 2 aromatic carbocycles. The van der Waals surface area contributed by atoms with Crippen molar-refractivity contribution in [2.75, 3.05) is 26.9 Å². The zero-order valence-corrected chi connectivity index (χ0v) is 18.5. The molecule has 0 aliphatic carbocycles. The highest BCUT2D eigenvalue weighted by Gasteiger charge is 2.42. The number of carbonyl (C=O) groups is 1. The minimum Gasteiger partial charge on any atom is -0.507 e. The molecule has 2 N–H and O–H groups in total. The quantitative estimate of drug-likeness (QED) is 0.457. The Morgan fingerprint density at radius 2 is 1.88 bits per heavy atom. The number of ether oxygens (including phenoxy) is 2. The van der Waals surface area contributed by atoms with Crippen molar-refractivity contribution in [3.63, 3.8) is 0 Å².